The van der Waals surface area contributed by atoms with Crippen LogP contribution >= 0.6 is 0 Å². The summed E-state index contributed by atoms with van der Waals surface area (Å²) >= 11 is 0. The largest absolute Gasteiger partial charge is 0.386 e. The zero-order valence-corrected chi connectivity index (χ0v) is 13.1. The van der Waals surface area contributed by atoms with Gasteiger partial charge in [0.05, 0.1) is 0 Å². The van der Waals surface area contributed by atoms with E-state index in [1.807, 2.05) is 6.92 Å². The molecule has 0 aromatic heterocycles. The van der Waals surface area contributed by atoms with Crippen molar-refractivity contribution in [2.45, 2.75) is 56.7 Å². The highest BCUT2D eigenvalue weighted by molar-refractivity contribution is 5.24. The quantitative estimate of drug-likeness (QED) is 0.640. The Morgan fingerprint density at radius 1 is 1.13 bits per heavy atom. The lowest BCUT2D eigenvalue weighted by atomic mass is 9.68. The molecule has 1 aromatic rings. The van der Waals surface area contributed by atoms with E-state index < -0.39 is 29.0 Å². The zero-order valence-electron chi connectivity index (χ0n) is 13.1. The van der Waals surface area contributed by atoms with E-state index in [0.717, 1.165) is 12.8 Å². The Morgan fingerprint density at radius 3 is 2.26 bits per heavy atom. The predicted octanol–water partition coefficient (Wildman–Crippen LogP) is 2.63. The minimum Gasteiger partial charge on any atom is -0.386 e. The Bertz CT molecular complexity index is 551. The monoisotopic (exact) mass is 322 g/mol. The molecule has 7 heteroatoms. The molecule has 1 N–H and O–H groups in total. The number of nitrogens with zero attached hydrogens (tertiary/aromatic N) is 2. The minimum absolute atomic E-state index is 0.112. The van der Waals surface area contributed by atoms with Gasteiger partial charge < -0.3 is 5.11 Å². The van der Waals surface area contributed by atoms with Crippen LogP contribution in [0.25, 0.3) is 0 Å². The summed E-state index contributed by atoms with van der Waals surface area (Å²) in [5.74, 6) is -1.26. The maximum Gasteiger partial charge on any atom is 0.251 e. The van der Waals surface area contributed by atoms with Crippen molar-refractivity contribution in [3.63, 3.8) is 0 Å². The Morgan fingerprint density at radius 2 is 1.74 bits per heavy atom. The van der Waals surface area contributed by atoms with Gasteiger partial charge in [-0.15, -0.1) is 0 Å². The van der Waals surface area contributed by atoms with E-state index in [1.165, 1.54) is 0 Å². The molecule has 126 valence electrons. The highest BCUT2D eigenvalue weighted by Gasteiger charge is 2.56. The maximum absolute atomic E-state index is 11.7. The van der Waals surface area contributed by atoms with Gasteiger partial charge in [-0.25, -0.2) is 0 Å². The van der Waals surface area contributed by atoms with Crippen molar-refractivity contribution in [1.82, 2.24) is 0 Å². The van der Waals surface area contributed by atoms with Gasteiger partial charge in [0.1, 0.15) is 12.0 Å². The Labute approximate surface area is 134 Å². The first-order valence-electron chi connectivity index (χ1n) is 7.97. The van der Waals surface area contributed by atoms with Crippen molar-refractivity contribution in [1.29, 1.82) is 0 Å². The molecule has 5 atom stereocenters. The topological polar surface area (TPSA) is 107 Å². The average Bonchev–Trinajstić information content (AvgIpc) is 2.52. The average molecular weight is 322 g/mol. The van der Waals surface area contributed by atoms with Crippen molar-refractivity contribution < 1.29 is 15.0 Å². The van der Waals surface area contributed by atoms with Crippen molar-refractivity contribution in [2.24, 2.45) is 5.92 Å². The molecule has 0 saturated heterocycles. The summed E-state index contributed by atoms with van der Waals surface area (Å²) < 4.78 is 0. The summed E-state index contributed by atoms with van der Waals surface area (Å²) in [6.45, 7) is 1.99. The number of unbranched alkanes of at least 4 members (excludes halogenated alkanes) is 1. The third kappa shape index (κ3) is 3.67. The molecule has 1 aliphatic carbocycles. The first-order valence-corrected chi connectivity index (χ1v) is 7.97. The molecule has 1 aromatic carbocycles. The van der Waals surface area contributed by atoms with Crippen LogP contribution in [0.5, 0.6) is 0 Å². The number of nitro groups is 2. The first-order chi connectivity index (χ1) is 11.0. The molecule has 1 fully saturated rings. The third-order valence-electron chi connectivity index (χ3n) is 4.76. The SMILES string of the molecule is CCCC[C@@H]1C[C@@H](O)[C@@H]([N+](=O)[O-])[C@H](c2ccccc2)[C@@H]1[N+](=O)[O-]. The van der Waals surface area contributed by atoms with Crippen LogP contribution in [0, 0.1) is 26.1 Å². The summed E-state index contributed by atoms with van der Waals surface area (Å²) in [6.07, 6.45) is 1.26. The molecule has 2 rings (SSSR count). The van der Waals surface area contributed by atoms with Gasteiger partial charge in [-0.1, -0.05) is 50.1 Å². The number of rotatable bonds is 6. The van der Waals surface area contributed by atoms with Gasteiger partial charge in [-0.05, 0) is 18.4 Å². The van der Waals surface area contributed by atoms with E-state index in [-0.39, 0.29) is 17.3 Å². The van der Waals surface area contributed by atoms with Crippen LogP contribution in [0.2, 0.25) is 0 Å². The van der Waals surface area contributed by atoms with Gasteiger partial charge in [0.15, 0.2) is 0 Å². The summed E-state index contributed by atoms with van der Waals surface area (Å²) in [5.41, 5.74) is 0.552. The van der Waals surface area contributed by atoms with E-state index in [1.54, 1.807) is 30.3 Å². The van der Waals surface area contributed by atoms with Crippen LogP contribution in [0.15, 0.2) is 30.3 Å². The summed E-state index contributed by atoms with van der Waals surface area (Å²) in [7, 11) is 0. The van der Waals surface area contributed by atoms with Crippen LogP contribution < -0.4 is 0 Å². The van der Waals surface area contributed by atoms with Gasteiger partial charge in [-0.2, -0.15) is 0 Å². The van der Waals surface area contributed by atoms with E-state index in [0.29, 0.717) is 12.0 Å². The maximum atomic E-state index is 11.7. The normalized spacial score (nSPS) is 30.8. The molecule has 0 unspecified atom stereocenters. The molecule has 0 amide bonds. The van der Waals surface area contributed by atoms with E-state index >= 15 is 0 Å². The Balaban J connectivity index is 2.45. The van der Waals surface area contributed by atoms with Crippen LogP contribution in [-0.2, 0) is 0 Å². The highest BCUT2D eigenvalue weighted by atomic mass is 16.6. The molecular formula is C16H22N2O5. The molecule has 0 heterocycles. The molecule has 1 aliphatic rings. The molecular weight excluding hydrogens is 300 g/mol. The Hall–Kier alpha value is -2.02. The smallest absolute Gasteiger partial charge is 0.251 e. The molecule has 0 bridgehead atoms. The van der Waals surface area contributed by atoms with Crippen molar-refractivity contribution in [3.05, 3.63) is 56.1 Å². The van der Waals surface area contributed by atoms with E-state index in [2.05, 4.69) is 0 Å². The second-order valence-electron chi connectivity index (χ2n) is 6.19. The van der Waals surface area contributed by atoms with Crippen LogP contribution in [0.3, 0.4) is 0 Å². The number of aliphatic hydroxyl groups is 1. The third-order valence-corrected chi connectivity index (χ3v) is 4.76. The number of aliphatic hydroxyl groups excluding tert-OH is 1. The second kappa shape index (κ2) is 7.50. The van der Waals surface area contributed by atoms with E-state index in [9.17, 15) is 25.3 Å². The molecule has 7 nitrogen and oxygen atoms in total. The van der Waals surface area contributed by atoms with E-state index in [4.69, 9.17) is 0 Å². The molecule has 0 aliphatic heterocycles. The van der Waals surface area contributed by atoms with Crippen LogP contribution in [0.4, 0.5) is 0 Å². The fraction of sp³-hybridized carbons (Fsp3) is 0.625. The van der Waals surface area contributed by atoms with Gasteiger partial charge >= 0.3 is 0 Å². The summed E-state index contributed by atoms with van der Waals surface area (Å²) in [6, 6.07) is 6.16. The van der Waals surface area contributed by atoms with Gasteiger partial charge in [0, 0.05) is 15.8 Å². The number of hydrogen-bond donors (Lipinski definition) is 1. The Kier molecular flexibility index (Phi) is 5.65. The molecule has 0 spiro atoms. The van der Waals surface area contributed by atoms with Crippen molar-refractivity contribution in [3.8, 4) is 0 Å². The second-order valence-corrected chi connectivity index (χ2v) is 6.19. The molecule has 23 heavy (non-hydrogen) atoms. The summed E-state index contributed by atoms with van der Waals surface area (Å²) in [4.78, 5) is 22.2. The zero-order chi connectivity index (χ0) is 17.0. The lowest BCUT2D eigenvalue weighted by Crippen LogP contribution is -2.54. The van der Waals surface area contributed by atoms with Gasteiger partial charge in [0.2, 0.25) is 6.04 Å². The van der Waals surface area contributed by atoms with Crippen molar-refractivity contribution >= 4 is 0 Å². The van der Waals surface area contributed by atoms with Crippen LogP contribution in [-0.4, -0.2) is 33.1 Å². The van der Waals surface area contributed by atoms with Gasteiger partial charge in [-0.3, -0.25) is 20.2 Å². The standard InChI is InChI=1S/C16H22N2O5/c1-2-3-7-12-10-13(19)16(18(22)23)14(15(12)17(20)21)11-8-5-4-6-9-11/h4-6,8-9,12-16,19H,2-3,7,10H2,1H3/t12-,13-,14-,15-,16-/m1/s1. The fourth-order valence-electron chi connectivity index (χ4n) is 3.72. The molecule has 1 saturated carbocycles. The highest BCUT2D eigenvalue weighted by Crippen LogP contribution is 2.41. The number of hydrogen-bond acceptors (Lipinski definition) is 5. The number of benzene rings is 1. The lowest BCUT2D eigenvalue weighted by molar-refractivity contribution is -0.588. The van der Waals surface area contributed by atoms with Crippen molar-refractivity contribution in [2.75, 3.05) is 0 Å². The predicted molar refractivity (Wildman–Crippen MR) is 84.4 cm³/mol. The van der Waals surface area contributed by atoms with Crippen LogP contribution in [0.1, 0.15) is 44.1 Å². The summed E-state index contributed by atoms with van der Waals surface area (Å²) in [5, 5.41) is 33.4. The van der Waals surface area contributed by atoms with Gasteiger partial charge in [0.25, 0.3) is 6.04 Å². The fourth-order valence-corrected chi connectivity index (χ4v) is 3.72. The molecule has 0 radical (unpaired) electrons. The minimum atomic E-state index is -1.34. The first kappa shape index (κ1) is 17.3. The lowest BCUT2D eigenvalue weighted by Gasteiger charge is -2.37.